The maximum absolute atomic E-state index is 12.4. The first-order chi connectivity index (χ1) is 11.6. The van der Waals surface area contributed by atoms with E-state index < -0.39 is 0 Å². The number of nitrogens with two attached hydrogens (primary N) is 1. The van der Waals surface area contributed by atoms with Gasteiger partial charge in [-0.2, -0.15) is 0 Å². The molecule has 1 aliphatic rings. The van der Waals surface area contributed by atoms with E-state index in [1.807, 2.05) is 6.07 Å². The molecular weight excluding hydrogens is 310 g/mol. The normalized spacial score (nSPS) is 12.4. The summed E-state index contributed by atoms with van der Waals surface area (Å²) in [6.07, 6.45) is 3.14. The van der Waals surface area contributed by atoms with Crippen LogP contribution in [0.25, 0.3) is 6.08 Å². The molecule has 2 N–H and O–H groups in total. The van der Waals surface area contributed by atoms with Gasteiger partial charge in [-0.1, -0.05) is 12.1 Å². The fourth-order valence-electron chi connectivity index (χ4n) is 2.39. The van der Waals surface area contributed by atoms with Crippen LogP contribution in [-0.2, 0) is 0 Å². The zero-order valence-corrected chi connectivity index (χ0v) is 13.4. The fourth-order valence-corrected chi connectivity index (χ4v) is 2.39. The van der Waals surface area contributed by atoms with E-state index in [1.54, 1.807) is 44.6 Å². The Balaban J connectivity index is 1.83. The summed E-state index contributed by atoms with van der Waals surface area (Å²) in [6, 6.07) is 8.58. The fraction of sp³-hybridized carbons (Fsp3) is 0.167. The van der Waals surface area contributed by atoms with Gasteiger partial charge >= 0.3 is 0 Å². The number of allylic oxidation sites excluding steroid dienone is 1. The molecular formula is C18H17NO5. The molecule has 0 radical (unpaired) electrons. The molecule has 0 atom stereocenters. The van der Waals surface area contributed by atoms with Crippen LogP contribution in [0, 0.1) is 0 Å². The minimum Gasteiger partial charge on any atom is -0.493 e. The molecule has 6 heteroatoms. The number of fused-ring (bicyclic) bond motifs is 1. The molecule has 0 aliphatic carbocycles. The lowest BCUT2D eigenvalue weighted by molar-refractivity contribution is 0.104. The van der Waals surface area contributed by atoms with Gasteiger partial charge in [0.15, 0.2) is 28.8 Å². The Hall–Kier alpha value is -3.15. The highest BCUT2D eigenvalue weighted by Gasteiger charge is 2.18. The number of carbonyl (C=O) groups excluding carboxylic acids is 1. The Labute approximate surface area is 139 Å². The maximum Gasteiger partial charge on any atom is 0.231 e. The van der Waals surface area contributed by atoms with Crippen molar-refractivity contribution in [1.29, 1.82) is 0 Å². The SMILES string of the molecule is COc1ccc(/C=C/C(=O)c2cc3c(cc2N)OCO3)cc1OC. The highest BCUT2D eigenvalue weighted by molar-refractivity contribution is 6.10. The summed E-state index contributed by atoms with van der Waals surface area (Å²) in [5, 5.41) is 0. The lowest BCUT2D eigenvalue weighted by Gasteiger charge is -2.07. The predicted octanol–water partition coefficient (Wildman–Crippen LogP) is 2.91. The summed E-state index contributed by atoms with van der Waals surface area (Å²) in [5.41, 5.74) is 7.45. The smallest absolute Gasteiger partial charge is 0.231 e. The van der Waals surface area contributed by atoms with Gasteiger partial charge in [-0.05, 0) is 29.8 Å². The summed E-state index contributed by atoms with van der Waals surface area (Å²) in [5.74, 6) is 2.07. The molecule has 24 heavy (non-hydrogen) atoms. The molecule has 0 fully saturated rings. The van der Waals surface area contributed by atoms with E-state index >= 15 is 0 Å². The minimum absolute atomic E-state index is 0.133. The van der Waals surface area contributed by atoms with E-state index in [4.69, 9.17) is 24.7 Å². The van der Waals surface area contributed by atoms with Gasteiger partial charge < -0.3 is 24.7 Å². The first kappa shape index (κ1) is 15.7. The molecule has 0 amide bonds. The van der Waals surface area contributed by atoms with Crippen LogP contribution in [0.15, 0.2) is 36.4 Å². The highest BCUT2D eigenvalue weighted by Crippen LogP contribution is 2.36. The number of hydrogen-bond donors (Lipinski definition) is 1. The summed E-state index contributed by atoms with van der Waals surface area (Å²) in [7, 11) is 3.13. The van der Waals surface area contributed by atoms with Crippen molar-refractivity contribution in [2.24, 2.45) is 0 Å². The number of nitrogen functional groups attached to an aromatic ring is 1. The van der Waals surface area contributed by atoms with Crippen molar-refractivity contribution in [3.05, 3.63) is 47.5 Å². The molecule has 0 saturated heterocycles. The molecule has 0 aromatic heterocycles. The van der Waals surface area contributed by atoms with E-state index in [0.717, 1.165) is 5.56 Å². The van der Waals surface area contributed by atoms with Gasteiger partial charge in [0.05, 0.1) is 14.2 Å². The van der Waals surface area contributed by atoms with Crippen LogP contribution < -0.4 is 24.7 Å². The van der Waals surface area contributed by atoms with E-state index in [2.05, 4.69) is 0 Å². The van der Waals surface area contributed by atoms with Crippen LogP contribution >= 0.6 is 0 Å². The van der Waals surface area contributed by atoms with Gasteiger partial charge in [0.25, 0.3) is 0 Å². The number of hydrogen-bond acceptors (Lipinski definition) is 6. The third-order valence-corrected chi connectivity index (χ3v) is 3.64. The quantitative estimate of drug-likeness (QED) is 0.517. The maximum atomic E-state index is 12.4. The van der Waals surface area contributed by atoms with Gasteiger partial charge in [-0.15, -0.1) is 0 Å². The zero-order chi connectivity index (χ0) is 17.1. The highest BCUT2D eigenvalue weighted by atomic mass is 16.7. The first-order valence-corrected chi connectivity index (χ1v) is 7.26. The van der Waals surface area contributed by atoms with Crippen LogP contribution in [0.2, 0.25) is 0 Å². The van der Waals surface area contributed by atoms with Gasteiger partial charge in [0.2, 0.25) is 6.79 Å². The van der Waals surface area contributed by atoms with Gasteiger partial charge in [0, 0.05) is 17.3 Å². The number of ketones is 1. The number of ether oxygens (including phenoxy) is 4. The van der Waals surface area contributed by atoms with E-state index in [9.17, 15) is 4.79 Å². The number of carbonyl (C=O) groups is 1. The summed E-state index contributed by atoms with van der Waals surface area (Å²) >= 11 is 0. The van der Waals surface area contributed by atoms with Crippen LogP contribution in [-0.4, -0.2) is 26.8 Å². The summed E-state index contributed by atoms with van der Waals surface area (Å²) in [6.45, 7) is 0.133. The Morgan fingerprint density at radius 2 is 1.79 bits per heavy atom. The van der Waals surface area contributed by atoms with Crippen molar-refractivity contribution in [2.75, 3.05) is 26.7 Å². The van der Waals surface area contributed by atoms with Gasteiger partial charge in [0.1, 0.15) is 0 Å². The Kier molecular flexibility index (Phi) is 4.29. The minimum atomic E-state index is -0.222. The van der Waals surface area contributed by atoms with E-state index in [0.29, 0.717) is 34.2 Å². The second-order valence-corrected chi connectivity index (χ2v) is 5.10. The lowest BCUT2D eigenvalue weighted by Crippen LogP contribution is -2.00. The molecule has 0 saturated carbocycles. The number of methoxy groups -OCH3 is 2. The second kappa shape index (κ2) is 6.54. The molecule has 1 aliphatic heterocycles. The topological polar surface area (TPSA) is 80.0 Å². The van der Waals surface area contributed by atoms with Crippen molar-refractivity contribution in [3.63, 3.8) is 0 Å². The monoisotopic (exact) mass is 327 g/mol. The van der Waals surface area contributed by atoms with Gasteiger partial charge in [-0.3, -0.25) is 4.79 Å². The van der Waals surface area contributed by atoms with Crippen LogP contribution in [0.1, 0.15) is 15.9 Å². The van der Waals surface area contributed by atoms with E-state index in [-0.39, 0.29) is 12.6 Å². The third kappa shape index (κ3) is 2.99. The molecule has 0 unspecified atom stereocenters. The molecule has 1 heterocycles. The summed E-state index contributed by atoms with van der Waals surface area (Å²) < 4.78 is 20.9. The number of rotatable bonds is 5. The molecule has 3 rings (SSSR count). The standard InChI is InChI=1S/C18H17NO5/c1-21-15-6-4-11(7-16(15)22-2)3-5-14(20)12-8-17-18(9-13(12)19)24-10-23-17/h3-9H,10,19H2,1-2H3/b5-3+. The third-order valence-electron chi connectivity index (χ3n) is 3.64. The van der Waals surface area contributed by atoms with Crippen molar-refractivity contribution < 1.29 is 23.7 Å². The number of benzene rings is 2. The average Bonchev–Trinajstić information content (AvgIpc) is 3.05. The van der Waals surface area contributed by atoms with Crippen molar-refractivity contribution in [2.45, 2.75) is 0 Å². The number of anilines is 1. The Morgan fingerprint density at radius 1 is 1.08 bits per heavy atom. The molecule has 2 aromatic rings. The van der Waals surface area contributed by atoms with Crippen molar-refractivity contribution in [1.82, 2.24) is 0 Å². The average molecular weight is 327 g/mol. The molecule has 0 spiro atoms. The predicted molar refractivity (Wildman–Crippen MR) is 89.9 cm³/mol. The first-order valence-electron chi connectivity index (χ1n) is 7.26. The van der Waals surface area contributed by atoms with Crippen LogP contribution in [0.5, 0.6) is 23.0 Å². The Morgan fingerprint density at radius 3 is 2.50 bits per heavy atom. The molecule has 124 valence electrons. The van der Waals surface area contributed by atoms with E-state index in [1.165, 1.54) is 6.08 Å². The molecule has 0 bridgehead atoms. The summed E-state index contributed by atoms with van der Waals surface area (Å²) in [4.78, 5) is 12.4. The van der Waals surface area contributed by atoms with Crippen LogP contribution in [0.3, 0.4) is 0 Å². The second-order valence-electron chi connectivity index (χ2n) is 5.10. The Bertz CT molecular complexity index is 813. The molecule has 6 nitrogen and oxygen atoms in total. The lowest BCUT2D eigenvalue weighted by atomic mass is 10.1. The van der Waals surface area contributed by atoms with Crippen LogP contribution in [0.4, 0.5) is 5.69 Å². The van der Waals surface area contributed by atoms with Crippen molar-refractivity contribution in [3.8, 4) is 23.0 Å². The van der Waals surface area contributed by atoms with Crippen molar-refractivity contribution >= 4 is 17.5 Å². The molecule has 2 aromatic carbocycles. The largest absolute Gasteiger partial charge is 0.493 e. The van der Waals surface area contributed by atoms with Gasteiger partial charge in [-0.25, -0.2) is 0 Å². The zero-order valence-electron chi connectivity index (χ0n) is 13.4.